The number of aromatic nitrogens is 3. The van der Waals surface area contributed by atoms with Crippen LogP contribution in [0.1, 0.15) is 11.3 Å². The average Bonchev–Trinajstić information content (AvgIpc) is 3.02. The van der Waals surface area contributed by atoms with E-state index in [2.05, 4.69) is 15.6 Å². The molecule has 0 aliphatic carbocycles. The Kier molecular flexibility index (Phi) is 4.59. The second-order valence-electron chi connectivity index (χ2n) is 5.02. The van der Waals surface area contributed by atoms with Crippen LogP contribution in [0.3, 0.4) is 0 Å². The first-order chi connectivity index (χ1) is 11.3. The summed E-state index contributed by atoms with van der Waals surface area (Å²) in [5, 5.41) is 10.9. The van der Waals surface area contributed by atoms with Gasteiger partial charge in [0.1, 0.15) is 5.69 Å². The maximum absolute atomic E-state index is 11.8. The topological polar surface area (TPSA) is 59.8 Å². The SMILES string of the molecule is O=C(/C=C\c1cn(Cc2ccccc2)nn1)Nc1ccccc1. The fourth-order valence-corrected chi connectivity index (χ4v) is 2.10. The highest BCUT2D eigenvalue weighted by atomic mass is 16.1. The number of nitrogens with zero attached hydrogens (tertiary/aromatic N) is 3. The minimum absolute atomic E-state index is 0.200. The molecule has 23 heavy (non-hydrogen) atoms. The predicted molar refractivity (Wildman–Crippen MR) is 89.7 cm³/mol. The molecule has 0 fully saturated rings. The number of benzene rings is 2. The van der Waals surface area contributed by atoms with Gasteiger partial charge in [0, 0.05) is 11.8 Å². The zero-order valence-corrected chi connectivity index (χ0v) is 12.5. The minimum atomic E-state index is -0.200. The summed E-state index contributed by atoms with van der Waals surface area (Å²) in [5.74, 6) is -0.200. The van der Waals surface area contributed by atoms with Gasteiger partial charge in [0.05, 0.1) is 12.7 Å². The fraction of sp³-hybridized carbons (Fsp3) is 0.0556. The molecule has 5 nitrogen and oxygen atoms in total. The standard InChI is InChI=1S/C18H16N4O/c23-18(19-16-9-5-2-6-10-16)12-11-17-14-22(21-20-17)13-15-7-3-1-4-8-15/h1-12,14H,13H2,(H,19,23)/b12-11-. The van der Waals surface area contributed by atoms with Crippen molar-refractivity contribution in [2.75, 3.05) is 5.32 Å². The van der Waals surface area contributed by atoms with E-state index in [1.165, 1.54) is 6.08 Å². The Labute approximate surface area is 134 Å². The van der Waals surface area contributed by atoms with E-state index in [4.69, 9.17) is 0 Å². The molecular weight excluding hydrogens is 288 g/mol. The third-order valence-electron chi connectivity index (χ3n) is 3.19. The molecule has 2 aromatic carbocycles. The highest BCUT2D eigenvalue weighted by molar-refractivity contribution is 6.01. The molecule has 3 aromatic rings. The van der Waals surface area contributed by atoms with Crippen LogP contribution in [0, 0.1) is 0 Å². The Morgan fingerprint density at radius 2 is 1.74 bits per heavy atom. The number of carbonyl (C=O) groups is 1. The van der Waals surface area contributed by atoms with Gasteiger partial charge in [-0.15, -0.1) is 5.10 Å². The maximum atomic E-state index is 11.8. The van der Waals surface area contributed by atoms with Gasteiger partial charge < -0.3 is 5.32 Å². The Morgan fingerprint density at radius 3 is 2.48 bits per heavy atom. The maximum Gasteiger partial charge on any atom is 0.248 e. The molecule has 0 saturated heterocycles. The van der Waals surface area contributed by atoms with Crippen LogP contribution in [0.25, 0.3) is 6.08 Å². The summed E-state index contributed by atoms with van der Waals surface area (Å²) in [6.45, 7) is 0.651. The number of rotatable bonds is 5. The summed E-state index contributed by atoms with van der Waals surface area (Å²) in [5.41, 5.74) is 2.55. The van der Waals surface area contributed by atoms with Gasteiger partial charge in [0.15, 0.2) is 0 Å². The largest absolute Gasteiger partial charge is 0.323 e. The number of amides is 1. The number of hydrogen-bond donors (Lipinski definition) is 1. The molecule has 1 heterocycles. The van der Waals surface area contributed by atoms with E-state index in [-0.39, 0.29) is 5.91 Å². The molecular formula is C18H16N4O. The molecule has 1 N–H and O–H groups in total. The quantitative estimate of drug-likeness (QED) is 0.737. The van der Waals surface area contributed by atoms with Gasteiger partial charge in [-0.05, 0) is 23.8 Å². The smallest absolute Gasteiger partial charge is 0.248 e. The minimum Gasteiger partial charge on any atom is -0.323 e. The second kappa shape index (κ2) is 7.17. The van der Waals surface area contributed by atoms with E-state index in [0.717, 1.165) is 11.3 Å². The van der Waals surface area contributed by atoms with E-state index < -0.39 is 0 Å². The Balaban J connectivity index is 1.59. The molecule has 5 heteroatoms. The normalized spacial score (nSPS) is 10.8. The molecule has 0 atom stereocenters. The van der Waals surface area contributed by atoms with Crippen molar-refractivity contribution < 1.29 is 4.79 Å². The Bertz CT molecular complexity index is 794. The Hall–Kier alpha value is -3.21. The van der Waals surface area contributed by atoms with Crippen LogP contribution in [-0.4, -0.2) is 20.9 Å². The van der Waals surface area contributed by atoms with Crippen molar-refractivity contribution in [3.63, 3.8) is 0 Å². The summed E-state index contributed by atoms with van der Waals surface area (Å²) < 4.78 is 1.74. The molecule has 114 valence electrons. The zero-order chi connectivity index (χ0) is 15.9. The molecule has 3 rings (SSSR count). The monoisotopic (exact) mass is 304 g/mol. The zero-order valence-electron chi connectivity index (χ0n) is 12.5. The van der Waals surface area contributed by atoms with Gasteiger partial charge in [-0.3, -0.25) is 4.79 Å². The van der Waals surface area contributed by atoms with Crippen molar-refractivity contribution in [1.82, 2.24) is 15.0 Å². The van der Waals surface area contributed by atoms with E-state index >= 15 is 0 Å². The highest BCUT2D eigenvalue weighted by Gasteiger charge is 2.00. The van der Waals surface area contributed by atoms with Crippen molar-refractivity contribution in [2.45, 2.75) is 6.54 Å². The molecule has 0 radical (unpaired) electrons. The fourth-order valence-electron chi connectivity index (χ4n) is 2.10. The lowest BCUT2D eigenvalue weighted by molar-refractivity contribution is -0.111. The van der Waals surface area contributed by atoms with E-state index in [1.807, 2.05) is 60.7 Å². The molecule has 0 spiro atoms. The Morgan fingerprint density at radius 1 is 1.04 bits per heavy atom. The molecule has 1 amide bonds. The van der Waals surface area contributed by atoms with Gasteiger partial charge >= 0.3 is 0 Å². The van der Waals surface area contributed by atoms with E-state index in [9.17, 15) is 4.79 Å². The summed E-state index contributed by atoms with van der Waals surface area (Å²) >= 11 is 0. The summed E-state index contributed by atoms with van der Waals surface area (Å²) in [4.78, 5) is 11.8. The van der Waals surface area contributed by atoms with Crippen LogP contribution in [-0.2, 0) is 11.3 Å². The summed E-state index contributed by atoms with van der Waals surface area (Å²) in [6, 6.07) is 19.3. The predicted octanol–water partition coefficient (Wildman–Crippen LogP) is 2.98. The molecule has 1 aromatic heterocycles. The summed E-state index contributed by atoms with van der Waals surface area (Å²) in [7, 11) is 0. The van der Waals surface area contributed by atoms with Crippen molar-refractivity contribution in [3.8, 4) is 0 Å². The van der Waals surface area contributed by atoms with Gasteiger partial charge in [-0.2, -0.15) is 0 Å². The van der Waals surface area contributed by atoms with Gasteiger partial charge in [0.2, 0.25) is 5.91 Å². The molecule has 0 aliphatic heterocycles. The van der Waals surface area contributed by atoms with E-state index in [1.54, 1.807) is 17.0 Å². The third kappa shape index (κ3) is 4.38. The van der Waals surface area contributed by atoms with Crippen LogP contribution in [0.5, 0.6) is 0 Å². The molecule has 0 aliphatic rings. The molecule has 0 saturated carbocycles. The first-order valence-electron chi connectivity index (χ1n) is 7.28. The molecule has 0 unspecified atom stereocenters. The average molecular weight is 304 g/mol. The van der Waals surface area contributed by atoms with Crippen molar-refractivity contribution in [2.24, 2.45) is 0 Å². The first kappa shape index (κ1) is 14.7. The van der Waals surface area contributed by atoms with Crippen molar-refractivity contribution in [3.05, 3.63) is 84.2 Å². The number of anilines is 1. The lowest BCUT2D eigenvalue weighted by Gasteiger charge is -2.00. The lowest BCUT2D eigenvalue weighted by Crippen LogP contribution is -2.07. The van der Waals surface area contributed by atoms with Crippen LogP contribution >= 0.6 is 0 Å². The number of hydrogen-bond acceptors (Lipinski definition) is 3. The number of nitrogens with one attached hydrogen (secondary N) is 1. The second-order valence-corrected chi connectivity index (χ2v) is 5.02. The van der Waals surface area contributed by atoms with Crippen LogP contribution in [0.15, 0.2) is 72.9 Å². The number of para-hydroxylation sites is 1. The van der Waals surface area contributed by atoms with Crippen molar-refractivity contribution in [1.29, 1.82) is 0 Å². The van der Waals surface area contributed by atoms with Gasteiger partial charge in [-0.1, -0.05) is 53.7 Å². The van der Waals surface area contributed by atoms with Gasteiger partial charge in [-0.25, -0.2) is 4.68 Å². The molecule has 0 bridgehead atoms. The van der Waals surface area contributed by atoms with Crippen LogP contribution < -0.4 is 5.32 Å². The van der Waals surface area contributed by atoms with Crippen molar-refractivity contribution >= 4 is 17.7 Å². The third-order valence-corrected chi connectivity index (χ3v) is 3.19. The van der Waals surface area contributed by atoms with Crippen LogP contribution in [0.2, 0.25) is 0 Å². The lowest BCUT2D eigenvalue weighted by atomic mass is 10.2. The van der Waals surface area contributed by atoms with E-state index in [0.29, 0.717) is 12.2 Å². The summed E-state index contributed by atoms with van der Waals surface area (Å²) in [6.07, 6.45) is 4.90. The van der Waals surface area contributed by atoms with Crippen LogP contribution in [0.4, 0.5) is 5.69 Å². The highest BCUT2D eigenvalue weighted by Crippen LogP contribution is 2.06. The van der Waals surface area contributed by atoms with Gasteiger partial charge in [0.25, 0.3) is 0 Å². The number of carbonyl (C=O) groups excluding carboxylic acids is 1. The first-order valence-corrected chi connectivity index (χ1v) is 7.28.